The molecule has 22 heavy (non-hydrogen) atoms. The van der Waals surface area contributed by atoms with Crippen LogP contribution in [-0.2, 0) is 14.8 Å². The van der Waals surface area contributed by atoms with Crippen molar-refractivity contribution < 1.29 is 23.1 Å². The number of sulfonamides is 1. The second-order valence-corrected chi connectivity index (χ2v) is 7.56. The van der Waals surface area contributed by atoms with E-state index < -0.39 is 16.1 Å². The molecule has 1 N–H and O–H groups in total. The Hall–Kier alpha value is -1.64. The molecule has 1 aromatic carbocycles. The standard InChI is InChI=1S/C14H18N2O5S/c1-15-12-8-16(7-11(12)13(17)14(15)18)22(19,20)10-5-3-9(21-2)4-6-10/h3-6,11-13,17H,7-8H2,1-2H3/t11-,12+,13-/m0/s1. The van der Waals surface area contributed by atoms with Crippen LogP contribution in [0.4, 0.5) is 0 Å². The normalized spacial score (nSPS) is 29.0. The van der Waals surface area contributed by atoms with E-state index in [4.69, 9.17) is 4.74 Å². The Labute approximate surface area is 129 Å². The van der Waals surface area contributed by atoms with Gasteiger partial charge in [0.25, 0.3) is 5.91 Å². The first-order valence-electron chi connectivity index (χ1n) is 6.95. The predicted molar refractivity (Wildman–Crippen MR) is 77.8 cm³/mol. The molecule has 2 fully saturated rings. The minimum atomic E-state index is -3.64. The number of methoxy groups -OCH3 is 1. The van der Waals surface area contributed by atoms with Crippen molar-refractivity contribution in [3.05, 3.63) is 24.3 Å². The van der Waals surface area contributed by atoms with Gasteiger partial charge in [-0.3, -0.25) is 4.79 Å². The number of benzene rings is 1. The van der Waals surface area contributed by atoms with Crippen molar-refractivity contribution in [3.63, 3.8) is 0 Å². The first-order chi connectivity index (χ1) is 10.4. The highest BCUT2D eigenvalue weighted by atomic mass is 32.2. The summed E-state index contributed by atoms with van der Waals surface area (Å²) in [7, 11) is -0.531. The second kappa shape index (κ2) is 5.22. The first-order valence-corrected chi connectivity index (χ1v) is 8.39. The molecule has 2 heterocycles. The Balaban J connectivity index is 1.84. The zero-order chi connectivity index (χ0) is 16.1. The van der Waals surface area contributed by atoms with Gasteiger partial charge >= 0.3 is 0 Å². The second-order valence-electron chi connectivity index (χ2n) is 5.62. The van der Waals surface area contributed by atoms with Crippen molar-refractivity contribution in [1.82, 2.24) is 9.21 Å². The van der Waals surface area contributed by atoms with Crippen LogP contribution in [-0.4, -0.2) is 68.0 Å². The van der Waals surface area contributed by atoms with Crippen molar-refractivity contribution >= 4 is 15.9 Å². The van der Waals surface area contributed by atoms with Gasteiger partial charge in [0, 0.05) is 26.1 Å². The third-order valence-electron chi connectivity index (χ3n) is 4.50. The molecule has 0 saturated carbocycles. The lowest BCUT2D eigenvalue weighted by atomic mass is 10.0. The Morgan fingerprint density at radius 2 is 1.86 bits per heavy atom. The molecule has 7 nitrogen and oxygen atoms in total. The van der Waals surface area contributed by atoms with Crippen molar-refractivity contribution in [2.75, 3.05) is 27.2 Å². The van der Waals surface area contributed by atoms with Crippen LogP contribution in [0.1, 0.15) is 0 Å². The van der Waals surface area contributed by atoms with E-state index in [0.717, 1.165) is 0 Å². The van der Waals surface area contributed by atoms with E-state index in [-0.39, 0.29) is 35.9 Å². The van der Waals surface area contributed by atoms with Gasteiger partial charge in [0.1, 0.15) is 11.9 Å². The number of rotatable bonds is 3. The SMILES string of the molecule is COc1ccc(S(=O)(=O)N2C[C@@H]3[C@H](O)C(=O)N(C)[C@@H]3C2)cc1. The van der Waals surface area contributed by atoms with E-state index in [9.17, 15) is 18.3 Å². The maximum absolute atomic E-state index is 12.7. The minimum Gasteiger partial charge on any atom is -0.497 e. The minimum absolute atomic E-state index is 0.149. The molecule has 0 radical (unpaired) electrons. The Bertz CT molecular complexity index is 668. The lowest BCUT2D eigenvalue weighted by Crippen LogP contribution is -2.38. The number of nitrogens with zero attached hydrogens (tertiary/aromatic N) is 2. The number of aliphatic hydroxyl groups is 1. The average Bonchev–Trinajstić information content (AvgIpc) is 3.05. The molecule has 2 aliphatic rings. The molecule has 2 aliphatic heterocycles. The van der Waals surface area contributed by atoms with Crippen molar-refractivity contribution in [1.29, 1.82) is 0 Å². The summed E-state index contributed by atoms with van der Waals surface area (Å²) in [4.78, 5) is 13.3. The van der Waals surface area contributed by atoms with Gasteiger partial charge in [-0.15, -0.1) is 0 Å². The van der Waals surface area contributed by atoms with Crippen LogP contribution in [0.25, 0.3) is 0 Å². The van der Waals surface area contributed by atoms with E-state index in [0.29, 0.717) is 5.75 Å². The number of likely N-dealkylation sites (N-methyl/N-ethyl adjacent to an activating group) is 1. The highest BCUT2D eigenvalue weighted by molar-refractivity contribution is 7.89. The van der Waals surface area contributed by atoms with Crippen LogP contribution in [0.2, 0.25) is 0 Å². The Morgan fingerprint density at radius 3 is 2.41 bits per heavy atom. The molecule has 3 rings (SSSR count). The highest BCUT2D eigenvalue weighted by Crippen LogP contribution is 2.34. The van der Waals surface area contributed by atoms with Gasteiger partial charge in [-0.1, -0.05) is 0 Å². The fourth-order valence-corrected chi connectivity index (χ4v) is 4.64. The molecule has 120 valence electrons. The van der Waals surface area contributed by atoms with E-state index in [1.54, 1.807) is 19.2 Å². The fraction of sp³-hybridized carbons (Fsp3) is 0.500. The van der Waals surface area contributed by atoms with Crippen LogP contribution in [0.3, 0.4) is 0 Å². The van der Waals surface area contributed by atoms with Gasteiger partial charge in [-0.05, 0) is 24.3 Å². The van der Waals surface area contributed by atoms with E-state index in [2.05, 4.69) is 0 Å². The molecule has 2 saturated heterocycles. The third-order valence-corrected chi connectivity index (χ3v) is 6.35. The molecule has 0 spiro atoms. The molecule has 1 amide bonds. The summed E-state index contributed by atoms with van der Waals surface area (Å²) in [5.74, 6) is -0.125. The van der Waals surface area contributed by atoms with Crippen molar-refractivity contribution in [3.8, 4) is 5.75 Å². The van der Waals surface area contributed by atoms with Gasteiger partial charge in [0.15, 0.2) is 0 Å². The van der Waals surface area contributed by atoms with E-state index in [1.807, 2.05) is 0 Å². The molecule has 0 aromatic heterocycles. The topological polar surface area (TPSA) is 87.1 Å². The number of carbonyl (C=O) groups is 1. The summed E-state index contributed by atoms with van der Waals surface area (Å²) in [5.41, 5.74) is 0. The summed E-state index contributed by atoms with van der Waals surface area (Å²) in [6, 6.07) is 5.90. The highest BCUT2D eigenvalue weighted by Gasteiger charge is 2.52. The smallest absolute Gasteiger partial charge is 0.251 e. The summed E-state index contributed by atoms with van der Waals surface area (Å²) in [6.45, 7) is 0.356. The van der Waals surface area contributed by atoms with Crippen molar-refractivity contribution in [2.24, 2.45) is 5.92 Å². The zero-order valence-corrected chi connectivity index (χ0v) is 13.2. The average molecular weight is 326 g/mol. The van der Waals surface area contributed by atoms with Crippen molar-refractivity contribution in [2.45, 2.75) is 17.0 Å². The van der Waals surface area contributed by atoms with Crippen LogP contribution in [0, 0.1) is 5.92 Å². The maximum Gasteiger partial charge on any atom is 0.251 e. The number of ether oxygens (including phenoxy) is 1. The lowest BCUT2D eigenvalue weighted by molar-refractivity contribution is -0.134. The quantitative estimate of drug-likeness (QED) is 0.810. The maximum atomic E-state index is 12.7. The molecule has 0 aliphatic carbocycles. The first kappa shape index (κ1) is 15.3. The molecule has 1 aromatic rings. The summed E-state index contributed by atoms with van der Waals surface area (Å²) in [6.07, 6.45) is -1.12. The summed E-state index contributed by atoms with van der Waals surface area (Å²) < 4.78 is 31.7. The van der Waals surface area contributed by atoms with Gasteiger partial charge in [0.05, 0.1) is 18.0 Å². The summed E-state index contributed by atoms with van der Waals surface area (Å²) in [5, 5.41) is 9.93. The van der Waals surface area contributed by atoms with Gasteiger partial charge < -0.3 is 14.7 Å². The zero-order valence-electron chi connectivity index (χ0n) is 12.3. The molecule has 0 bridgehead atoms. The molecular weight excluding hydrogens is 308 g/mol. The monoisotopic (exact) mass is 326 g/mol. The predicted octanol–water partition coefficient (Wildman–Crippen LogP) is -0.483. The van der Waals surface area contributed by atoms with E-state index in [1.165, 1.54) is 28.4 Å². The van der Waals surface area contributed by atoms with Gasteiger partial charge in [-0.2, -0.15) is 4.31 Å². The number of hydrogen-bond acceptors (Lipinski definition) is 5. The summed E-state index contributed by atoms with van der Waals surface area (Å²) >= 11 is 0. The third kappa shape index (κ3) is 2.18. The number of likely N-dealkylation sites (tertiary alicyclic amines) is 1. The van der Waals surface area contributed by atoms with Crippen LogP contribution in [0.15, 0.2) is 29.2 Å². The molecule has 0 unspecified atom stereocenters. The van der Waals surface area contributed by atoms with E-state index >= 15 is 0 Å². The van der Waals surface area contributed by atoms with Gasteiger partial charge in [-0.25, -0.2) is 8.42 Å². The Kier molecular flexibility index (Phi) is 3.62. The molecule has 3 atom stereocenters. The van der Waals surface area contributed by atoms with Crippen LogP contribution in [0.5, 0.6) is 5.75 Å². The number of fused-ring (bicyclic) bond motifs is 1. The fourth-order valence-electron chi connectivity index (χ4n) is 3.14. The number of aliphatic hydroxyl groups excluding tert-OH is 1. The van der Waals surface area contributed by atoms with Crippen LogP contribution < -0.4 is 4.74 Å². The molecule has 8 heteroatoms. The Morgan fingerprint density at radius 1 is 1.23 bits per heavy atom. The lowest BCUT2D eigenvalue weighted by Gasteiger charge is -2.21. The largest absolute Gasteiger partial charge is 0.497 e. The van der Waals surface area contributed by atoms with Gasteiger partial charge in [0.2, 0.25) is 10.0 Å². The number of hydrogen-bond donors (Lipinski definition) is 1. The number of amides is 1. The number of carbonyl (C=O) groups excluding carboxylic acids is 1. The molecular formula is C14H18N2O5S. The van der Waals surface area contributed by atoms with Crippen LogP contribution >= 0.6 is 0 Å².